The molecule has 4 rings (SSSR count). The molecule has 0 spiro atoms. The van der Waals surface area contributed by atoms with Crippen LogP contribution in [-0.2, 0) is 0 Å². The lowest BCUT2D eigenvalue weighted by atomic mass is 9.79. The summed E-state index contributed by atoms with van der Waals surface area (Å²) < 4.78 is 0. The number of fused-ring (bicyclic) bond motifs is 5. The number of benzene rings is 1. The number of phenols is 1. The maximum absolute atomic E-state index is 9.69. The van der Waals surface area contributed by atoms with Crippen molar-refractivity contribution in [2.75, 3.05) is 0 Å². The monoisotopic (exact) mass is 327 g/mol. The lowest BCUT2D eigenvalue weighted by molar-refractivity contribution is 0.242. The van der Waals surface area contributed by atoms with E-state index >= 15 is 0 Å². The predicted octanol–water partition coefficient (Wildman–Crippen LogP) is 2.79. The van der Waals surface area contributed by atoms with Crippen LogP contribution in [0.15, 0.2) is 41.5 Å². The number of hydrogen-bond donors (Lipinski definition) is 3. The van der Waals surface area contributed by atoms with E-state index in [9.17, 15) is 5.11 Å². The molecule has 5 unspecified atom stereocenters. The van der Waals surface area contributed by atoms with E-state index in [1.54, 1.807) is 24.4 Å². The first kappa shape index (κ1) is 14.7. The Labute approximate surface area is 141 Å². The second-order valence-corrected chi connectivity index (χ2v) is 7.22. The highest BCUT2D eigenvalue weighted by atomic mass is 32.1. The van der Waals surface area contributed by atoms with Gasteiger partial charge in [0.1, 0.15) is 5.75 Å². The van der Waals surface area contributed by atoms with E-state index in [1.807, 2.05) is 6.07 Å². The number of rotatable bonds is 3. The van der Waals surface area contributed by atoms with E-state index in [-0.39, 0.29) is 5.75 Å². The van der Waals surface area contributed by atoms with Gasteiger partial charge in [0.25, 0.3) is 0 Å². The molecular formula is C18H21N3OS. The van der Waals surface area contributed by atoms with Gasteiger partial charge in [0.05, 0.1) is 6.21 Å². The Kier molecular flexibility index (Phi) is 3.81. The van der Waals surface area contributed by atoms with Gasteiger partial charge < -0.3 is 10.4 Å². The smallest absolute Gasteiger partial charge is 0.187 e. The van der Waals surface area contributed by atoms with E-state index in [1.165, 1.54) is 19.3 Å². The maximum atomic E-state index is 9.69. The second kappa shape index (κ2) is 5.96. The standard InChI is InChI=1S/C18H21N3OS/c22-17-7-2-1-4-11(17)10-19-21-18(23)20-16-9-12-8-15(16)14-6-3-5-13(12)14/h1-5,7,10,12-16,22H,6,8-9H2,(H2,20,21,23)/b19-10+. The molecule has 0 aromatic heterocycles. The summed E-state index contributed by atoms with van der Waals surface area (Å²) in [6.07, 6.45) is 10.1. The third-order valence-electron chi connectivity index (χ3n) is 5.63. The molecule has 0 heterocycles. The Bertz CT molecular complexity index is 672. The summed E-state index contributed by atoms with van der Waals surface area (Å²) in [5.41, 5.74) is 3.54. The predicted molar refractivity (Wildman–Crippen MR) is 95.3 cm³/mol. The highest BCUT2D eigenvalue weighted by Gasteiger charge is 2.52. The van der Waals surface area contributed by atoms with Crippen LogP contribution in [-0.4, -0.2) is 22.5 Å². The SMILES string of the molecule is Oc1ccccc1/C=N/NC(=S)NC1CC2CC1C1CC=CC21. The maximum Gasteiger partial charge on any atom is 0.187 e. The van der Waals surface area contributed by atoms with Crippen LogP contribution >= 0.6 is 12.2 Å². The minimum Gasteiger partial charge on any atom is -0.507 e. The average Bonchev–Trinajstić information content (AvgIpc) is 3.21. The summed E-state index contributed by atoms with van der Waals surface area (Å²) in [7, 11) is 0. The quantitative estimate of drug-likeness (QED) is 0.346. The summed E-state index contributed by atoms with van der Waals surface area (Å²) in [6, 6.07) is 7.56. The van der Waals surface area contributed by atoms with Crippen LogP contribution in [0.3, 0.4) is 0 Å². The molecule has 2 saturated carbocycles. The van der Waals surface area contributed by atoms with Gasteiger partial charge >= 0.3 is 0 Å². The number of aromatic hydroxyl groups is 1. The van der Waals surface area contributed by atoms with Gasteiger partial charge in [-0.3, -0.25) is 5.43 Å². The van der Waals surface area contributed by atoms with Crippen molar-refractivity contribution in [2.24, 2.45) is 28.8 Å². The van der Waals surface area contributed by atoms with Crippen molar-refractivity contribution >= 4 is 23.5 Å². The fourth-order valence-corrected chi connectivity index (χ4v) is 4.89. The molecule has 23 heavy (non-hydrogen) atoms. The highest BCUT2D eigenvalue weighted by Crippen LogP contribution is 2.56. The van der Waals surface area contributed by atoms with Crippen molar-refractivity contribution in [3.63, 3.8) is 0 Å². The molecule has 3 N–H and O–H groups in total. The van der Waals surface area contributed by atoms with E-state index in [0.29, 0.717) is 16.7 Å². The van der Waals surface area contributed by atoms with E-state index in [2.05, 4.69) is 28.0 Å². The first-order valence-corrected chi connectivity index (χ1v) is 8.67. The number of phenolic OH excluding ortho intramolecular Hbond substituents is 1. The second-order valence-electron chi connectivity index (χ2n) is 6.81. The van der Waals surface area contributed by atoms with Gasteiger partial charge in [0.15, 0.2) is 5.11 Å². The summed E-state index contributed by atoms with van der Waals surface area (Å²) in [6.45, 7) is 0. The summed E-state index contributed by atoms with van der Waals surface area (Å²) in [5.74, 6) is 3.41. The van der Waals surface area contributed by atoms with Crippen molar-refractivity contribution in [3.8, 4) is 5.75 Å². The summed E-state index contributed by atoms with van der Waals surface area (Å²) in [4.78, 5) is 0. The molecule has 0 saturated heterocycles. The first-order valence-electron chi connectivity index (χ1n) is 8.26. The van der Waals surface area contributed by atoms with Crippen molar-refractivity contribution in [1.82, 2.24) is 10.7 Å². The first-order chi connectivity index (χ1) is 11.2. The Morgan fingerprint density at radius 1 is 1.26 bits per heavy atom. The zero-order chi connectivity index (χ0) is 15.8. The average molecular weight is 327 g/mol. The van der Waals surface area contributed by atoms with Gasteiger partial charge in [-0.25, -0.2) is 0 Å². The van der Waals surface area contributed by atoms with Crippen molar-refractivity contribution in [3.05, 3.63) is 42.0 Å². The zero-order valence-electron chi connectivity index (χ0n) is 12.9. The lowest BCUT2D eigenvalue weighted by Crippen LogP contribution is -2.45. The number of nitrogens with zero attached hydrogens (tertiary/aromatic N) is 1. The van der Waals surface area contributed by atoms with Crippen molar-refractivity contribution in [2.45, 2.75) is 25.3 Å². The van der Waals surface area contributed by atoms with E-state index in [4.69, 9.17) is 12.2 Å². The van der Waals surface area contributed by atoms with Crippen LogP contribution in [0.2, 0.25) is 0 Å². The van der Waals surface area contributed by atoms with Crippen LogP contribution in [0.25, 0.3) is 0 Å². The molecule has 5 atom stereocenters. The minimum atomic E-state index is 0.213. The number of hydrogen-bond acceptors (Lipinski definition) is 3. The number of para-hydroxylation sites is 1. The van der Waals surface area contributed by atoms with Crippen LogP contribution in [0.5, 0.6) is 5.75 Å². The normalized spacial score (nSPS) is 34.0. The van der Waals surface area contributed by atoms with Gasteiger partial charge in [0, 0.05) is 11.6 Å². The highest BCUT2D eigenvalue weighted by molar-refractivity contribution is 7.80. The Morgan fingerprint density at radius 3 is 3.00 bits per heavy atom. The molecule has 4 nitrogen and oxygen atoms in total. The van der Waals surface area contributed by atoms with E-state index < -0.39 is 0 Å². The van der Waals surface area contributed by atoms with Gasteiger partial charge in [0.2, 0.25) is 0 Å². The van der Waals surface area contributed by atoms with Crippen LogP contribution in [0.4, 0.5) is 0 Å². The Hall–Kier alpha value is -1.88. The third-order valence-corrected chi connectivity index (χ3v) is 5.84. The van der Waals surface area contributed by atoms with Crippen molar-refractivity contribution in [1.29, 1.82) is 0 Å². The fraction of sp³-hybridized carbons (Fsp3) is 0.444. The molecule has 3 aliphatic rings. The number of allylic oxidation sites excluding steroid dienone is 2. The molecule has 2 bridgehead atoms. The number of nitrogens with one attached hydrogen (secondary N) is 2. The molecule has 1 aromatic carbocycles. The zero-order valence-corrected chi connectivity index (χ0v) is 13.7. The number of hydrazone groups is 1. The fourth-order valence-electron chi connectivity index (χ4n) is 4.68. The summed E-state index contributed by atoms with van der Waals surface area (Å²) >= 11 is 5.36. The van der Waals surface area contributed by atoms with Gasteiger partial charge in [-0.15, -0.1) is 0 Å². The van der Waals surface area contributed by atoms with Gasteiger partial charge in [-0.2, -0.15) is 5.10 Å². The molecule has 0 radical (unpaired) electrons. The minimum absolute atomic E-state index is 0.213. The molecule has 3 aliphatic carbocycles. The van der Waals surface area contributed by atoms with Crippen LogP contribution < -0.4 is 10.7 Å². The molecule has 2 fully saturated rings. The molecule has 0 aliphatic heterocycles. The van der Waals surface area contributed by atoms with E-state index in [0.717, 1.165) is 23.7 Å². The van der Waals surface area contributed by atoms with Gasteiger partial charge in [-0.1, -0.05) is 24.3 Å². The van der Waals surface area contributed by atoms with Crippen LogP contribution in [0, 0.1) is 23.7 Å². The molecular weight excluding hydrogens is 306 g/mol. The molecule has 0 amide bonds. The molecule has 5 heteroatoms. The number of thiocarbonyl (C=S) groups is 1. The molecule has 1 aromatic rings. The third kappa shape index (κ3) is 2.74. The lowest BCUT2D eigenvalue weighted by Gasteiger charge is -2.32. The Morgan fingerprint density at radius 2 is 2.13 bits per heavy atom. The summed E-state index contributed by atoms with van der Waals surface area (Å²) in [5, 5.41) is 17.8. The Balaban J connectivity index is 1.31. The van der Waals surface area contributed by atoms with Crippen molar-refractivity contribution < 1.29 is 5.11 Å². The van der Waals surface area contributed by atoms with Gasteiger partial charge in [-0.05, 0) is 67.3 Å². The molecule has 120 valence electrons. The van der Waals surface area contributed by atoms with Crippen LogP contribution in [0.1, 0.15) is 24.8 Å². The topological polar surface area (TPSA) is 56.7 Å². The largest absolute Gasteiger partial charge is 0.507 e.